The van der Waals surface area contributed by atoms with Gasteiger partial charge < -0.3 is 19.1 Å². The summed E-state index contributed by atoms with van der Waals surface area (Å²) in [7, 11) is 4.61. The number of aromatic nitrogens is 5. The maximum Gasteiger partial charge on any atom is 0.347 e. The monoisotopic (exact) mass is 800 g/mol. The van der Waals surface area contributed by atoms with E-state index in [1.807, 2.05) is 36.4 Å². The van der Waals surface area contributed by atoms with Gasteiger partial charge in [-0.3, -0.25) is 14.4 Å². The number of phenols is 1. The second-order valence-corrected chi connectivity index (χ2v) is 15.2. The minimum atomic E-state index is -1.47. The lowest BCUT2D eigenvalue weighted by Crippen LogP contribution is -2.53. The zero-order valence-electron chi connectivity index (χ0n) is 31.7. The predicted molar refractivity (Wildman–Crippen MR) is 215 cm³/mol. The molecule has 0 radical (unpaired) electrons. The van der Waals surface area contributed by atoms with Gasteiger partial charge >= 0.3 is 11.4 Å². The molecule has 4 atom stereocenters. The standard InChI is InChI=1S/C43H37ClN6O8/c1-46-34-23-36(58-3)35(57-2)22-32(34)45-31(39(46)53)17-18-47-41(55)48-19-16-29-33(50(48)42(47)56)21-30-38(52)49(27-11-7-10-26(44)20-27)40(54)43(30,25-8-5-4-6-9-25)37(29)24-12-14-28(51)15-13-24/h4-16,20,22-23,30,33,37,51H,17-19,21H2,1-3H3. The summed E-state index contributed by atoms with van der Waals surface area (Å²) in [6.45, 7) is -0.138. The Bertz CT molecular complexity index is 2900. The van der Waals surface area contributed by atoms with Crippen LogP contribution in [0.3, 0.4) is 0 Å². The lowest BCUT2D eigenvalue weighted by molar-refractivity contribution is -0.124. The number of allylic oxidation sites excluding steroid dienone is 2. The Labute approximate surface area is 335 Å². The number of anilines is 1. The van der Waals surface area contributed by atoms with Crippen LogP contribution in [0.1, 0.15) is 35.2 Å². The van der Waals surface area contributed by atoms with Gasteiger partial charge in [0.25, 0.3) is 5.56 Å². The van der Waals surface area contributed by atoms with Crippen molar-refractivity contribution in [2.45, 2.75) is 43.3 Å². The molecule has 2 aliphatic heterocycles. The fraction of sp³-hybridized carbons (Fsp3) is 0.256. The molecule has 4 unspecified atom stereocenters. The van der Waals surface area contributed by atoms with E-state index < -0.39 is 52.0 Å². The largest absolute Gasteiger partial charge is 0.508 e. The van der Waals surface area contributed by atoms with E-state index in [1.54, 1.807) is 55.6 Å². The van der Waals surface area contributed by atoms with E-state index >= 15 is 4.79 Å². The summed E-state index contributed by atoms with van der Waals surface area (Å²) in [6, 6.07) is 24.8. The van der Waals surface area contributed by atoms with Crippen LogP contribution in [0.4, 0.5) is 5.69 Å². The molecule has 14 nitrogen and oxygen atoms in total. The van der Waals surface area contributed by atoms with Crippen LogP contribution < -0.4 is 31.3 Å². The van der Waals surface area contributed by atoms with E-state index in [-0.39, 0.29) is 37.4 Å². The number of carbonyl (C=O) groups excluding carboxylic acids is 2. The number of methoxy groups -OCH3 is 2. The Hall–Kier alpha value is -6.67. The number of aryl methyl sites for hydroxylation is 2. The van der Waals surface area contributed by atoms with E-state index in [1.165, 1.54) is 45.2 Å². The van der Waals surface area contributed by atoms with Crippen molar-refractivity contribution in [2.24, 2.45) is 13.0 Å². The summed E-state index contributed by atoms with van der Waals surface area (Å²) >= 11 is 6.40. The number of rotatable bonds is 8. The van der Waals surface area contributed by atoms with E-state index in [0.717, 1.165) is 4.57 Å². The number of hydrogen-bond acceptors (Lipinski definition) is 9. The number of nitrogens with zero attached hydrogens (tertiary/aromatic N) is 6. The van der Waals surface area contributed by atoms with Crippen LogP contribution >= 0.6 is 11.6 Å². The van der Waals surface area contributed by atoms with Gasteiger partial charge in [-0.05, 0) is 53.5 Å². The third kappa shape index (κ3) is 5.31. The van der Waals surface area contributed by atoms with Crippen LogP contribution in [-0.4, -0.2) is 54.6 Å². The Kier molecular flexibility index (Phi) is 8.77. The fourth-order valence-corrected chi connectivity index (χ4v) is 9.56. The van der Waals surface area contributed by atoms with E-state index in [4.69, 9.17) is 21.1 Å². The Morgan fingerprint density at radius 3 is 2.31 bits per heavy atom. The first kappa shape index (κ1) is 36.9. The molecule has 2 aromatic heterocycles. The van der Waals surface area contributed by atoms with Crippen molar-refractivity contribution >= 4 is 40.1 Å². The van der Waals surface area contributed by atoms with E-state index in [2.05, 4.69) is 4.98 Å². The quantitative estimate of drug-likeness (QED) is 0.173. The first-order valence-corrected chi connectivity index (χ1v) is 19.1. The number of benzene rings is 4. The summed E-state index contributed by atoms with van der Waals surface area (Å²) in [6.07, 6.45) is 1.87. The summed E-state index contributed by atoms with van der Waals surface area (Å²) in [5.74, 6) is -1.80. The number of hydrogen-bond donors (Lipinski definition) is 1. The number of phenolic OH excluding ortho intramolecular Hbond substituents is 1. The summed E-state index contributed by atoms with van der Waals surface area (Å²) in [5.41, 5.74) is 0.340. The fourth-order valence-electron chi connectivity index (χ4n) is 9.38. The molecular formula is C43H37ClN6O8. The third-order valence-electron chi connectivity index (χ3n) is 12.0. The van der Waals surface area contributed by atoms with Gasteiger partial charge in [-0.2, -0.15) is 0 Å². The van der Waals surface area contributed by atoms with Crippen molar-refractivity contribution in [1.29, 1.82) is 0 Å². The first-order chi connectivity index (χ1) is 28.0. The Balaban J connectivity index is 1.17. The molecule has 58 heavy (non-hydrogen) atoms. The van der Waals surface area contributed by atoms with Crippen LogP contribution in [0, 0.1) is 5.92 Å². The zero-order chi connectivity index (χ0) is 40.6. The highest BCUT2D eigenvalue weighted by Gasteiger charge is 2.68. The highest BCUT2D eigenvalue weighted by Crippen LogP contribution is 2.62. The molecule has 0 bridgehead atoms. The molecule has 1 saturated carbocycles. The van der Waals surface area contributed by atoms with Crippen molar-refractivity contribution in [1.82, 2.24) is 23.5 Å². The van der Waals surface area contributed by atoms with Crippen LogP contribution in [0.2, 0.25) is 5.02 Å². The average molecular weight is 801 g/mol. The highest BCUT2D eigenvalue weighted by molar-refractivity contribution is 6.32. The van der Waals surface area contributed by atoms with Gasteiger partial charge in [0.1, 0.15) is 11.4 Å². The molecule has 294 valence electrons. The average Bonchev–Trinajstić information content (AvgIpc) is 3.62. The van der Waals surface area contributed by atoms with Crippen LogP contribution in [-0.2, 0) is 41.6 Å². The number of aromatic hydroxyl groups is 1. The molecular weight excluding hydrogens is 764 g/mol. The Morgan fingerprint density at radius 2 is 1.60 bits per heavy atom. The van der Waals surface area contributed by atoms with Gasteiger partial charge in [0.2, 0.25) is 11.8 Å². The van der Waals surface area contributed by atoms with Gasteiger partial charge in [-0.15, -0.1) is 0 Å². The van der Waals surface area contributed by atoms with E-state index in [9.17, 15) is 24.3 Å². The van der Waals surface area contributed by atoms with Gasteiger partial charge in [0.15, 0.2) is 11.5 Å². The van der Waals surface area contributed by atoms with Crippen LogP contribution in [0.15, 0.2) is 117 Å². The maximum atomic E-state index is 15.3. The van der Waals surface area contributed by atoms with Crippen molar-refractivity contribution in [2.75, 3.05) is 19.1 Å². The van der Waals surface area contributed by atoms with Crippen molar-refractivity contribution in [3.05, 3.63) is 156 Å². The number of imide groups is 1. The van der Waals surface area contributed by atoms with Gasteiger partial charge in [0, 0.05) is 43.1 Å². The minimum Gasteiger partial charge on any atom is -0.508 e. The molecule has 4 heterocycles. The molecule has 1 saturated heterocycles. The maximum absolute atomic E-state index is 15.3. The second-order valence-electron chi connectivity index (χ2n) is 14.7. The molecule has 2 fully saturated rings. The molecule has 9 rings (SSSR count). The smallest absolute Gasteiger partial charge is 0.347 e. The van der Waals surface area contributed by atoms with Gasteiger partial charge in [0.05, 0.1) is 54.9 Å². The van der Waals surface area contributed by atoms with Gasteiger partial charge in [-0.25, -0.2) is 33.4 Å². The normalized spacial score (nSPS) is 21.1. The van der Waals surface area contributed by atoms with Crippen LogP contribution in [0.25, 0.3) is 11.0 Å². The number of ether oxygens (including phenoxy) is 2. The molecule has 6 aromatic rings. The summed E-state index contributed by atoms with van der Waals surface area (Å²) < 4.78 is 16.1. The molecule has 3 aliphatic rings. The lowest BCUT2D eigenvalue weighted by atomic mass is 9.53. The number of carbonyl (C=O) groups is 2. The predicted octanol–water partition coefficient (Wildman–Crippen LogP) is 4.47. The molecule has 2 amide bonds. The van der Waals surface area contributed by atoms with Crippen molar-refractivity contribution < 1.29 is 24.2 Å². The van der Waals surface area contributed by atoms with Gasteiger partial charge in [-0.1, -0.05) is 66.2 Å². The highest BCUT2D eigenvalue weighted by atomic mass is 35.5. The van der Waals surface area contributed by atoms with Crippen molar-refractivity contribution in [3.8, 4) is 17.2 Å². The van der Waals surface area contributed by atoms with E-state index in [0.29, 0.717) is 49.9 Å². The number of amides is 2. The van der Waals surface area contributed by atoms with Crippen molar-refractivity contribution in [3.63, 3.8) is 0 Å². The zero-order valence-corrected chi connectivity index (χ0v) is 32.4. The molecule has 4 aromatic carbocycles. The number of fused-ring (bicyclic) bond motifs is 5. The summed E-state index contributed by atoms with van der Waals surface area (Å²) in [5, 5.41) is 10.7. The first-order valence-electron chi connectivity index (χ1n) is 18.7. The molecule has 1 aliphatic carbocycles. The molecule has 15 heteroatoms. The second kappa shape index (κ2) is 13.8. The molecule has 1 N–H and O–H groups in total. The Morgan fingerprint density at radius 1 is 0.879 bits per heavy atom. The summed E-state index contributed by atoms with van der Waals surface area (Å²) in [4.78, 5) is 78.2. The lowest BCUT2D eigenvalue weighted by Gasteiger charge is -2.49. The number of halogens is 1. The topological polar surface area (TPSA) is 160 Å². The third-order valence-corrected chi connectivity index (χ3v) is 12.2. The minimum absolute atomic E-state index is 0.00872. The SMILES string of the molecule is COc1cc2nc(CCn3c(=O)n4n(c3=O)C3CC5C(=O)N(c6cccc(Cl)c6)C(=O)C5(c5ccccc5)C(c5ccc(O)cc5)C3=CC4)c(=O)n(C)c2cc1OC. The van der Waals surface area contributed by atoms with Crippen LogP contribution in [0.5, 0.6) is 17.2 Å². The molecule has 0 spiro atoms.